The van der Waals surface area contributed by atoms with Crippen LogP contribution in [0.1, 0.15) is 28.0 Å². The molecule has 0 aromatic rings. The molecule has 0 aliphatic heterocycles. The fraction of sp³-hybridized carbons (Fsp3) is 0.800. The molecule has 1 unspecified atom stereocenters. The average Bonchev–Trinajstić information content (AvgIpc) is 1.65. The van der Waals surface area contributed by atoms with Crippen LogP contribution in [0.25, 0.3) is 0 Å². The molecule has 0 saturated carbocycles. The molecule has 6 heavy (non-hydrogen) atoms. The first-order valence-corrected chi connectivity index (χ1v) is 2.13. The van der Waals surface area contributed by atoms with Gasteiger partial charge in [-0.05, 0) is 0 Å². The van der Waals surface area contributed by atoms with Gasteiger partial charge in [-0.15, -0.1) is 0 Å². The lowest BCUT2D eigenvalue weighted by atomic mass is 10.3. The summed E-state index contributed by atoms with van der Waals surface area (Å²) in [5.74, 6) is 0.0139. The molecule has 0 bridgehead atoms. The number of carbonyl (C=O) groups excluding carboxylic acids is 1. The highest BCUT2D eigenvalue weighted by molar-refractivity contribution is 5.77. The lowest BCUT2D eigenvalue weighted by Crippen LogP contribution is -1.88. The summed E-state index contributed by atoms with van der Waals surface area (Å²) in [6, 6.07) is 0. The summed E-state index contributed by atoms with van der Waals surface area (Å²) in [7, 11) is 0. The largest absolute Gasteiger partial charge is 0.300 e. The normalized spacial score (nSPS) is 16.0. The van der Waals surface area contributed by atoms with Crippen molar-refractivity contribution in [3.05, 3.63) is 0 Å². The van der Waals surface area contributed by atoms with Gasteiger partial charge < -0.3 is 0 Å². The molecular weight excluding hydrogens is 76.1 g/mol. The molecule has 0 rings (SSSR count). The van der Waals surface area contributed by atoms with E-state index in [-0.39, 0.29) is 5.78 Å². The van der Waals surface area contributed by atoms with Gasteiger partial charge in [-0.2, -0.15) is 0 Å². The van der Waals surface area contributed by atoms with E-state index in [0.29, 0.717) is 6.42 Å². The maximum Gasteiger partial charge on any atom is 0.132 e. The van der Waals surface area contributed by atoms with Crippen molar-refractivity contribution in [2.45, 2.75) is 26.7 Å². The molecule has 0 aromatic carbocycles. The van der Waals surface area contributed by atoms with Crippen molar-refractivity contribution >= 4 is 5.78 Å². The Labute approximate surface area is 39.8 Å². The van der Waals surface area contributed by atoms with Gasteiger partial charge in [0.1, 0.15) is 5.78 Å². The number of hydrogen-bond acceptors (Lipinski definition) is 1. The van der Waals surface area contributed by atoms with Gasteiger partial charge in [0.05, 0.1) is 0 Å². The summed E-state index contributed by atoms with van der Waals surface area (Å²) < 4.78 is 6.83. The highest BCUT2D eigenvalue weighted by Gasteiger charge is 1.86. The van der Waals surface area contributed by atoms with Gasteiger partial charge in [0.25, 0.3) is 0 Å². The number of Topliss-reactive ketones (excluding diaryl/α,β-unsaturated/α-hetero) is 1. The summed E-state index contributed by atoms with van der Waals surface area (Å²) in [6.07, 6.45) is -0.0324. The quantitative estimate of drug-likeness (QED) is 0.497. The molecule has 0 saturated heterocycles. The van der Waals surface area contributed by atoms with E-state index in [9.17, 15) is 4.79 Å². The van der Waals surface area contributed by atoms with Crippen LogP contribution in [0.2, 0.25) is 0 Å². The monoisotopic (exact) mass is 87.1 g/mol. The minimum absolute atomic E-state index is 0.0139. The highest BCUT2D eigenvalue weighted by Crippen LogP contribution is 1.82. The van der Waals surface area contributed by atoms with Gasteiger partial charge in [-0.3, -0.25) is 4.79 Å². The first kappa shape index (κ1) is 3.85. The SMILES string of the molecule is [2H]C(C)C(=O)CC. The van der Waals surface area contributed by atoms with Crippen molar-refractivity contribution in [1.82, 2.24) is 0 Å². The third kappa shape index (κ3) is 1.94. The lowest BCUT2D eigenvalue weighted by molar-refractivity contribution is -0.118. The standard InChI is InChI=1S/C5H10O/c1-3-5(6)4-2/h3-4H2,1-2H3/i3D. The van der Waals surface area contributed by atoms with Gasteiger partial charge in [0.2, 0.25) is 0 Å². The van der Waals surface area contributed by atoms with E-state index < -0.39 is 6.40 Å². The minimum Gasteiger partial charge on any atom is -0.300 e. The number of hydrogen-bond donors (Lipinski definition) is 0. The fourth-order valence-electron chi connectivity index (χ4n) is 0.204. The van der Waals surface area contributed by atoms with E-state index in [2.05, 4.69) is 0 Å². The van der Waals surface area contributed by atoms with Crippen LogP contribution >= 0.6 is 0 Å². The van der Waals surface area contributed by atoms with Gasteiger partial charge in [-0.25, -0.2) is 0 Å². The van der Waals surface area contributed by atoms with Gasteiger partial charge in [0, 0.05) is 14.2 Å². The average molecular weight is 87.1 g/mol. The summed E-state index contributed by atoms with van der Waals surface area (Å²) in [4.78, 5) is 10.3. The third-order valence-corrected chi connectivity index (χ3v) is 0.670. The van der Waals surface area contributed by atoms with E-state index in [4.69, 9.17) is 1.37 Å². The Hall–Kier alpha value is -0.330. The molecule has 0 aliphatic carbocycles. The van der Waals surface area contributed by atoms with Gasteiger partial charge in [0.15, 0.2) is 0 Å². The van der Waals surface area contributed by atoms with Gasteiger partial charge >= 0.3 is 0 Å². The summed E-state index contributed by atoms with van der Waals surface area (Å²) >= 11 is 0. The Kier molecular flexibility index (Phi) is 1.85. The Morgan fingerprint density at radius 2 is 2.33 bits per heavy atom. The molecule has 1 atom stereocenters. The molecule has 0 fully saturated rings. The third-order valence-electron chi connectivity index (χ3n) is 0.670. The molecule has 0 aromatic heterocycles. The molecule has 0 radical (unpaired) electrons. The van der Waals surface area contributed by atoms with Crippen molar-refractivity contribution in [1.29, 1.82) is 0 Å². The second-order valence-corrected chi connectivity index (χ2v) is 1.11. The molecule has 0 heterocycles. The number of carbonyl (C=O) groups is 1. The van der Waals surface area contributed by atoms with Gasteiger partial charge in [-0.1, -0.05) is 13.8 Å². The van der Waals surface area contributed by atoms with E-state index in [1.54, 1.807) is 13.8 Å². The van der Waals surface area contributed by atoms with Crippen LogP contribution in [0.15, 0.2) is 0 Å². The van der Waals surface area contributed by atoms with Crippen LogP contribution in [0.3, 0.4) is 0 Å². The molecule has 0 N–H and O–H groups in total. The van der Waals surface area contributed by atoms with Crippen LogP contribution in [-0.2, 0) is 4.79 Å². The second-order valence-electron chi connectivity index (χ2n) is 1.11. The van der Waals surface area contributed by atoms with E-state index in [1.165, 1.54) is 0 Å². The molecule has 0 amide bonds. The molecule has 0 spiro atoms. The zero-order valence-electron chi connectivity index (χ0n) is 5.19. The van der Waals surface area contributed by atoms with Crippen molar-refractivity contribution in [2.24, 2.45) is 0 Å². The predicted molar refractivity (Wildman–Crippen MR) is 25.6 cm³/mol. The fourth-order valence-corrected chi connectivity index (χ4v) is 0.204. The Balaban J connectivity index is 3.35. The van der Waals surface area contributed by atoms with Crippen LogP contribution in [0.4, 0.5) is 0 Å². The van der Waals surface area contributed by atoms with E-state index >= 15 is 0 Å². The molecule has 1 nitrogen and oxygen atoms in total. The second kappa shape index (κ2) is 2.88. The Morgan fingerprint density at radius 1 is 1.83 bits per heavy atom. The summed E-state index contributed by atoms with van der Waals surface area (Å²) in [5.41, 5.74) is 0. The zero-order chi connectivity index (χ0) is 5.86. The van der Waals surface area contributed by atoms with E-state index in [1.807, 2.05) is 0 Å². The highest BCUT2D eigenvalue weighted by atomic mass is 16.1. The predicted octanol–water partition coefficient (Wildman–Crippen LogP) is 1.38. The first-order valence-electron chi connectivity index (χ1n) is 2.71. The molecule has 0 aliphatic rings. The molecule has 36 valence electrons. The molecule has 1 heteroatoms. The zero-order valence-corrected chi connectivity index (χ0v) is 4.19. The van der Waals surface area contributed by atoms with Crippen LogP contribution in [0, 0.1) is 0 Å². The van der Waals surface area contributed by atoms with Crippen LogP contribution in [-0.4, -0.2) is 5.78 Å². The van der Waals surface area contributed by atoms with Crippen LogP contribution in [0.5, 0.6) is 0 Å². The molecular formula is C5H10O. The summed E-state index contributed by atoms with van der Waals surface area (Å²) in [5, 5.41) is 0. The summed E-state index contributed by atoms with van der Waals surface area (Å²) in [6.45, 7) is 3.36. The van der Waals surface area contributed by atoms with Crippen molar-refractivity contribution in [3.63, 3.8) is 0 Å². The van der Waals surface area contributed by atoms with Crippen molar-refractivity contribution < 1.29 is 6.17 Å². The number of rotatable bonds is 2. The maximum absolute atomic E-state index is 10.3. The van der Waals surface area contributed by atoms with E-state index in [0.717, 1.165) is 0 Å². The smallest absolute Gasteiger partial charge is 0.132 e. The van der Waals surface area contributed by atoms with Crippen molar-refractivity contribution in [3.8, 4) is 0 Å². The van der Waals surface area contributed by atoms with Crippen molar-refractivity contribution in [2.75, 3.05) is 0 Å². The van der Waals surface area contributed by atoms with Crippen LogP contribution < -0.4 is 0 Å². The lowest BCUT2D eigenvalue weighted by Gasteiger charge is -1.81. The first-order chi connectivity index (χ1) is 3.18. The Bertz CT molecular complexity index is 68.5. The number of ketones is 1. The topological polar surface area (TPSA) is 17.1 Å². The maximum atomic E-state index is 10.3. The Morgan fingerprint density at radius 3 is 2.33 bits per heavy atom. The minimum atomic E-state index is -0.523.